The first-order chi connectivity index (χ1) is 9.25. The van der Waals surface area contributed by atoms with E-state index >= 15 is 0 Å². The summed E-state index contributed by atoms with van der Waals surface area (Å²) in [6.07, 6.45) is 4.43. The van der Waals surface area contributed by atoms with E-state index in [1.807, 2.05) is 25.1 Å². The molecule has 0 radical (unpaired) electrons. The largest absolute Gasteiger partial charge is 0.459 e. The van der Waals surface area contributed by atoms with E-state index in [1.54, 1.807) is 0 Å². The molecule has 102 valence electrons. The van der Waals surface area contributed by atoms with Gasteiger partial charge in [-0.2, -0.15) is 0 Å². The molecule has 1 heterocycles. The van der Waals surface area contributed by atoms with Crippen LogP contribution in [0.5, 0.6) is 0 Å². The van der Waals surface area contributed by atoms with Crippen molar-refractivity contribution in [1.82, 2.24) is 0 Å². The molecular weight excluding hydrogens is 238 g/mol. The predicted molar refractivity (Wildman–Crippen MR) is 76.0 cm³/mol. The number of fused-ring (bicyclic) bond motifs is 1. The van der Waals surface area contributed by atoms with Gasteiger partial charge in [0.2, 0.25) is 0 Å². The summed E-state index contributed by atoms with van der Waals surface area (Å²) >= 11 is 0. The Morgan fingerprint density at radius 2 is 2.05 bits per heavy atom. The van der Waals surface area contributed by atoms with E-state index < -0.39 is 0 Å². The maximum atomic E-state index is 6.47. The lowest BCUT2D eigenvalue weighted by atomic mass is 9.90. The Morgan fingerprint density at radius 1 is 1.32 bits per heavy atom. The maximum absolute atomic E-state index is 6.47. The van der Waals surface area contributed by atoms with E-state index in [9.17, 15) is 0 Å². The Hall–Kier alpha value is -1.32. The van der Waals surface area contributed by atoms with Gasteiger partial charge in [0.25, 0.3) is 0 Å². The average molecular weight is 259 g/mol. The van der Waals surface area contributed by atoms with Crippen molar-refractivity contribution in [1.29, 1.82) is 0 Å². The van der Waals surface area contributed by atoms with Gasteiger partial charge in [-0.15, -0.1) is 0 Å². The summed E-state index contributed by atoms with van der Waals surface area (Å²) in [6.45, 7) is 2.74. The Labute approximate surface area is 113 Å². The van der Waals surface area contributed by atoms with Gasteiger partial charge in [0.1, 0.15) is 11.3 Å². The van der Waals surface area contributed by atoms with Crippen molar-refractivity contribution < 1.29 is 9.15 Å². The highest BCUT2D eigenvalue weighted by atomic mass is 16.5. The second kappa shape index (κ2) is 4.99. The molecule has 0 bridgehead atoms. The van der Waals surface area contributed by atoms with E-state index in [2.05, 4.69) is 12.1 Å². The SMILES string of the molecule is CCOC1(C(N)c2cc3ccccc3o2)CCCC1. The third kappa shape index (κ3) is 2.17. The lowest BCUT2D eigenvalue weighted by Crippen LogP contribution is -2.41. The zero-order valence-electron chi connectivity index (χ0n) is 11.4. The summed E-state index contributed by atoms with van der Waals surface area (Å²) in [5.74, 6) is 0.844. The quantitative estimate of drug-likeness (QED) is 0.909. The molecule has 1 unspecified atom stereocenters. The number of benzene rings is 1. The van der Waals surface area contributed by atoms with Crippen molar-refractivity contribution in [3.63, 3.8) is 0 Å². The molecule has 1 aliphatic rings. The predicted octanol–water partition coefficient (Wildman–Crippen LogP) is 3.78. The van der Waals surface area contributed by atoms with Gasteiger partial charge in [-0.25, -0.2) is 0 Å². The van der Waals surface area contributed by atoms with Crippen LogP contribution in [-0.2, 0) is 4.74 Å². The molecule has 1 aromatic heterocycles. The van der Waals surface area contributed by atoms with Crippen LogP contribution in [0.25, 0.3) is 11.0 Å². The van der Waals surface area contributed by atoms with Crippen LogP contribution < -0.4 is 5.73 Å². The van der Waals surface area contributed by atoms with E-state index in [0.29, 0.717) is 6.61 Å². The first kappa shape index (κ1) is 12.7. The van der Waals surface area contributed by atoms with Crippen LogP contribution in [0.2, 0.25) is 0 Å². The number of nitrogens with two attached hydrogens (primary N) is 1. The Morgan fingerprint density at radius 3 is 2.74 bits per heavy atom. The van der Waals surface area contributed by atoms with Crippen LogP contribution in [0, 0.1) is 0 Å². The van der Waals surface area contributed by atoms with Gasteiger partial charge in [-0.3, -0.25) is 0 Å². The Bertz CT molecular complexity index is 522. The van der Waals surface area contributed by atoms with Crippen LogP contribution in [0.4, 0.5) is 0 Å². The zero-order chi connectivity index (χ0) is 13.3. The number of rotatable bonds is 4. The highest BCUT2D eigenvalue weighted by molar-refractivity contribution is 5.77. The molecule has 19 heavy (non-hydrogen) atoms. The Balaban J connectivity index is 1.95. The second-order valence-electron chi connectivity index (χ2n) is 5.37. The highest BCUT2D eigenvalue weighted by Gasteiger charge is 2.42. The smallest absolute Gasteiger partial charge is 0.134 e. The Kier molecular flexibility index (Phi) is 3.33. The topological polar surface area (TPSA) is 48.4 Å². The van der Waals surface area contributed by atoms with Gasteiger partial charge < -0.3 is 14.9 Å². The minimum Gasteiger partial charge on any atom is -0.459 e. The minimum atomic E-state index is -0.234. The molecule has 1 aromatic carbocycles. The van der Waals surface area contributed by atoms with Crippen molar-refractivity contribution in [3.8, 4) is 0 Å². The standard InChI is InChI=1S/C16H21NO2/c1-2-18-16(9-5-6-10-16)15(17)14-11-12-7-3-4-8-13(12)19-14/h3-4,7-8,11,15H,2,5-6,9-10,17H2,1H3. The lowest BCUT2D eigenvalue weighted by molar-refractivity contribution is -0.0574. The summed E-state index contributed by atoms with van der Waals surface area (Å²) in [7, 11) is 0. The molecule has 0 spiro atoms. The first-order valence-corrected chi connectivity index (χ1v) is 7.13. The molecule has 1 fully saturated rings. The van der Waals surface area contributed by atoms with Gasteiger partial charge in [0.15, 0.2) is 0 Å². The monoisotopic (exact) mass is 259 g/mol. The van der Waals surface area contributed by atoms with Gasteiger partial charge in [0.05, 0.1) is 11.6 Å². The molecule has 2 N–H and O–H groups in total. The molecule has 3 heteroatoms. The lowest BCUT2D eigenvalue weighted by Gasteiger charge is -2.33. The van der Waals surface area contributed by atoms with E-state index in [0.717, 1.165) is 29.6 Å². The number of para-hydroxylation sites is 1. The van der Waals surface area contributed by atoms with Crippen LogP contribution in [0.3, 0.4) is 0 Å². The molecule has 1 aliphatic carbocycles. The number of ether oxygens (including phenoxy) is 1. The normalized spacial score (nSPS) is 19.9. The highest BCUT2D eigenvalue weighted by Crippen LogP contribution is 2.42. The summed E-state index contributed by atoms with van der Waals surface area (Å²) in [6, 6.07) is 9.90. The van der Waals surface area contributed by atoms with Crippen LogP contribution in [0.15, 0.2) is 34.7 Å². The molecular formula is C16H21NO2. The van der Waals surface area contributed by atoms with Gasteiger partial charge >= 0.3 is 0 Å². The van der Waals surface area contributed by atoms with Crippen molar-refractivity contribution in [2.45, 2.75) is 44.2 Å². The fraction of sp³-hybridized carbons (Fsp3) is 0.500. The van der Waals surface area contributed by atoms with Gasteiger partial charge in [-0.05, 0) is 31.9 Å². The van der Waals surface area contributed by atoms with Gasteiger partial charge in [0, 0.05) is 12.0 Å². The molecule has 2 aromatic rings. The first-order valence-electron chi connectivity index (χ1n) is 7.13. The fourth-order valence-corrected chi connectivity index (χ4v) is 3.22. The van der Waals surface area contributed by atoms with Crippen LogP contribution in [0.1, 0.15) is 44.4 Å². The van der Waals surface area contributed by atoms with E-state index in [1.165, 1.54) is 12.8 Å². The third-order valence-corrected chi connectivity index (χ3v) is 4.20. The second-order valence-corrected chi connectivity index (χ2v) is 5.37. The molecule has 0 amide bonds. The van der Waals surface area contributed by atoms with E-state index in [4.69, 9.17) is 14.9 Å². The number of furan rings is 1. The number of hydrogen-bond acceptors (Lipinski definition) is 3. The van der Waals surface area contributed by atoms with Crippen molar-refractivity contribution in [3.05, 3.63) is 36.1 Å². The van der Waals surface area contributed by atoms with Crippen LogP contribution >= 0.6 is 0 Å². The molecule has 3 nitrogen and oxygen atoms in total. The molecule has 0 aliphatic heterocycles. The van der Waals surface area contributed by atoms with Gasteiger partial charge in [-0.1, -0.05) is 31.0 Å². The average Bonchev–Trinajstić information content (AvgIpc) is 3.04. The summed E-state index contributed by atoms with van der Waals surface area (Å²) in [4.78, 5) is 0. The summed E-state index contributed by atoms with van der Waals surface area (Å²) in [5, 5.41) is 1.11. The summed E-state index contributed by atoms with van der Waals surface area (Å²) < 4.78 is 11.9. The van der Waals surface area contributed by atoms with E-state index in [-0.39, 0.29) is 11.6 Å². The fourth-order valence-electron chi connectivity index (χ4n) is 3.22. The van der Waals surface area contributed by atoms with Crippen molar-refractivity contribution >= 4 is 11.0 Å². The maximum Gasteiger partial charge on any atom is 0.134 e. The minimum absolute atomic E-state index is 0.178. The molecule has 3 rings (SSSR count). The molecule has 0 saturated heterocycles. The number of hydrogen-bond donors (Lipinski definition) is 1. The third-order valence-electron chi connectivity index (χ3n) is 4.20. The van der Waals surface area contributed by atoms with Crippen molar-refractivity contribution in [2.24, 2.45) is 5.73 Å². The molecule has 1 atom stereocenters. The van der Waals surface area contributed by atoms with Crippen LogP contribution in [-0.4, -0.2) is 12.2 Å². The zero-order valence-corrected chi connectivity index (χ0v) is 11.4. The molecule has 1 saturated carbocycles. The van der Waals surface area contributed by atoms with Crippen molar-refractivity contribution in [2.75, 3.05) is 6.61 Å². The summed E-state index contributed by atoms with van der Waals surface area (Å²) in [5.41, 5.74) is 7.13.